The summed E-state index contributed by atoms with van der Waals surface area (Å²) < 4.78 is 7.43. The van der Waals surface area contributed by atoms with E-state index in [1.165, 1.54) is 0 Å². The van der Waals surface area contributed by atoms with Gasteiger partial charge in [0.2, 0.25) is 5.88 Å². The van der Waals surface area contributed by atoms with Crippen LogP contribution in [0.2, 0.25) is 0 Å². The number of aromatic nitrogens is 4. The van der Waals surface area contributed by atoms with Crippen LogP contribution in [0.3, 0.4) is 0 Å². The van der Waals surface area contributed by atoms with E-state index < -0.39 is 0 Å². The number of pyridine rings is 2. The smallest absolute Gasteiger partial charge is 0.254 e. The fourth-order valence-electron chi connectivity index (χ4n) is 4.18. The van der Waals surface area contributed by atoms with Gasteiger partial charge in [0.15, 0.2) is 0 Å². The zero-order valence-corrected chi connectivity index (χ0v) is 21.9. The number of ether oxygens (including phenoxy) is 1. The summed E-state index contributed by atoms with van der Waals surface area (Å²) in [7, 11) is 7.16. The van der Waals surface area contributed by atoms with Crippen molar-refractivity contribution in [1.29, 1.82) is 0 Å². The van der Waals surface area contributed by atoms with E-state index in [1.807, 2.05) is 37.7 Å². The average molecular weight is 504 g/mol. The molecular weight excluding hydrogens is 470 g/mol. The Bertz CT molecular complexity index is 1420. The summed E-state index contributed by atoms with van der Waals surface area (Å²) in [6, 6.07) is 10.2. The van der Waals surface area contributed by atoms with Gasteiger partial charge in [-0.3, -0.25) is 4.79 Å². The fourth-order valence-corrected chi connectivity index (χ4v) is 4.18. The molecule has 0 fully saturated rings. The second-order valence-electron chi connectivity index (χ2n) is 8.81. The monoisotopic (exact) mass is 503 g/mol. The Kier molecular flexibility index (Phi) is 7.88. The van der Waals surface area contributed by atoms with E-state index >= 15 is 0 Å². The minimum atomic E-state index is -0.200. The molecule has 1 aromatic carbocycles. The molecule has 194 valence electrons. The first-order chi connectivity index (χ1) is 17.8. The number of hydrogen-bond acceptors (Lipinski definition) is 8. The van der Waals surface area contributed by atoms with E-state index in [1.54, 1.807) is 49.5 Å². The van der Waals surface area contributed by atoms with Gasteiger partial charge in [0.25, 0.3) is 5.91 Å². The van der Waals surface area contributed by atoms with Gasteiger partial charge in [0.1, 0.15) is 11.6 Å². The standard InChI is InChI=1S/C27H33N7O3/c1-6-25-30-15-18(34(25)4)16-33(3)27(36)21-14-24(31-22-8-7-19(35)13-20(21)22)23-11-17(29-10-9-28-2)12-26(32-23)37-5/h7-8,11-15,28,35H,6,9-10,16H2,1-5H3,(H,29,32). The molecule has 4 aromatic rings. The van der Waals surface area contributed by atoms with Crippen LogP contribution in [0, 0.1) is 0 Å². The second-order valence-corrected chi connectivity index (χ2v) is 8.81. The van der Waals surface area contributed by atoms with Gasteiger partial charge >= 0.3 is 0 Å². The topological polar surface area (TPSA) is 117 Å². The van der Waals surface area contributed by atoms with Crippen LogP contribution >= 0.6 is 0 Å². The van der Waals surface area contributed by atoms with Crippen molar-refractivity contribution in [3.8, 4) is 23.0 Å². The maximum atomic E-state index is 13.7. The highest BCUT2D eigenvalue weighted by Crippen LogP contribution is 2.30. The Hall–Kier alpha value is -4.18. The number of carbonyl (C=O) groups excluding carboxylic acids is 1. The number of benzene rings is 1. The number of fused-ring (bicyclic) bond motifs is 1. The Morgan fingerprint density at radius 2 is 1.92 bits per heavy atom. The summed E-state index contributed by atoms with van der Waals surface area (Å²) >= 11 is 0. The van der Waals surface area contributed by atoms with Crippen LogP contribution in [0.4, 0.5) is 5.69 Å². The highest BCUT2D eigenvalue weighted by atomic mass is 16.5. The number of amides is 1. The molecule has 1 amide bonds. The van der Waals surface area contributed by atoms with Gasteiger partial charge in [0, 0.05) is 50.7 Å². The van der Waals surface area contributed by atoms with E-state index in [0.717, 1.165) is 36.7 Å². The molecule has 0 spiro atoms. The highest BCUT2D eigenvalue weighted by Gasteiger charge is 2.20. The molecule has 0 aliphatic rings. The van der Waals surface area contributed by atoms with Crippen LogP contribution in [0.25, 0.3) is 22.3 Å². The molecule has 0 aliphatic heterocycles. The average Bonchev–Trinajstić information content (AvgIpc) is 3.26. The third-order valence-corrected chi connectivity index (χ3v) is 6.24. The lowest BCUT2D eigenvalue weighted by molar-refractivity contribution is 0.0784. The number of aryl methyl sites for hydroxylation is 1. The first kappa shape index (κ1) is 25.9. The van der Waals surface area contributed by atoms with E-state index in [9.17, 15) is 9.90 Å². The molecule has 37 heavy (non-hydrogen) atoms. The number of carbonyl (C=O) groups is 1. The Morgan fingerprint density at radius 3 is 2.62 bits per heavy atom. The minimum Gasteiger partial charge on any atom is -0.508 e. The summed E-state index contributed by atoms with van der Waals surface area (Å²) in [4.78, 5) is 29.2. The van der Waals surface area contributed by atoms with Gasteiger partial charge in [0.05, 0.1) is 48.0 Å². The number of phenols is 1. The largest absolute Gasteiger partial charge is 0.508 e. The molecule has 0 bridgehead atoms. The maximum absolute atomic E-state index is 13.7. The Balaban J connectivity index is 1.76. The first-order valence-electron chi connectivity index (χ1n) is 12.2. The summed E-state index contributed by atoms with van der Waals surface area (Å²) in [5.41, 5.74) is 3.86. The number of imidazole rings is 1. The molecule has 0 aliphatic carbocycles. The summed E-state index contributed by atoms with van der Waals surface area (Å²) in [6.45, 7) is 3.94. The number of aromatic hydroxyl groups is 1. The van der Waals surface area contributed by atoms with E-state index in [0.29, 0.717) is 40.3 Å². The van der Waals surface area contributed by atoms with Gasteiger partial charge < -0.3 is 29.9 Å². The number of hydrogen-bond donors (Lipinski definition) is 3. The number of rotatable bonds is 10. The fraction of sp³-hybridized carbons (Fsp3) is 0.333. The van der Waals surface area contributed by atoms with E-state index in [2.05, 4.69) is 20.6 Å². The molecule has 10 nitrogen and oxygen atoms in total. The van der Waals surface area contributed by atoms with Crippen molar-refractivity contribution in [2.75, 3.05) is 39.6 Å². The van der Waals surface area contributed by atoms with Crippen molar-refractivity contribution in [1.82, 2.24) is 29.7 Å². The number of methoxy groups -OCH3 is 1. The molecule has 4 rings (SSSR count). The van der Waals surface area contributed by atoms with Crippen molar-refractivity contribution in [3.05, 3.63) is 59.7 Å². The van der Waals surface area contributed by atoms with Crippen molar-refractivity contribution < 1.29 is 14.6 Å². The molecule has 3 heterocycles. The Morgan fingerprint density at radius 1 is 1.14 bits per heavy atom. The van der Waals surface area contributed by atoms with Crippen LogP contribution in [-0.4, -0.2) is 69.7 Å². The third-order valence-electron chi connectivity index (χ3n) is 6.24. The summed E-state index contributed by atoms with van der Waals surface area (Å²) in [5, 5.41) is 17.2. The molecule has 3 N–H and O–H groups in total. The Labute approximate surface area is 216 Å². The van der Waals surface area contributed by atoms with Crippen LogP contribution in [0.5, 0.6) is 11.6 Å². The van der Waals surface area contributed by atoms with Crippen molar-refractivity contribution in [2.24, 2.45) is 7.05 Å². The van der Waals surface area contributed by atoms with Crippen molar-refractivity contribution >= 4 is 22.5 Å². The number of anilines is 1. The number of nitrogens with zero attached hydrogens (tertiary/aromatic N) is 5. The first-order valence-corrected chi connectivity index (χ1v) is 12.2. The summed E-state index contributed by atoms with van der Waals surface area (Å²) in [6.07, 6.45) is 2.61. The molecule has 0 unspecified atom stereocenters. The van der Waals surface area contributed by atoms with Crippen molar-refractivity contribution in [2.45, 2.75) is 19.9 Å². The molecule has 0 saturated carbocycles. The zero-order chi connectivity index (χ0) is 26.5. The molecule has 3 aromatic heterocycles. The predicted molar refractivity (Wildman–Crippen MR) is 144 cm³/mol. The van der Waals surface area contributed by atoms with Gasteiger partial charge in [-0.2, -0.15) is 0 Å². The second kappa shape index (κ2) is 11.3. The quantitative estimate of drug-likeness (QED) is 0.283. The maximum Gasteiger partial charge on any atom is 0.254 e. The van der Waals surface area contributed by atoms with E-state index in [-0.39, 0.29) is 11.7 Å². The van der Waals surface area contributed by atoms with Gasteiger partial charge in [-0.15, -0.1) is 0 Å². The normalized spacial score (nSPS) is 11.1. The predicted octanol–water partition coefficient (Wildman–Crippen LogP) is 3.21. The van der Waals surface area contributed by atoms with Crippen LogP contribution in [-0.2, 0) is 20.0 Å². The lowest BCUT2D eigenvalue weighted by Gasteiger charge is -2.19. The molecule has 0 saturated heterocycles. The third kappa shape index (κ3) is 5.64. The summed E-state index contributed by atoms with van der Waals surface area (Å²) in [5.74, 6) is 1.26. The molecule has 10 heteroatoms. The van der Waals surface area contributed by atoms with Gasteiger partial charge in [-0.05, 0) is 37.4 Å². The van der Waals surface area contributed by atoms with Gasteiger partial charge in [-0.1, -0.05) is 6.92 Å². The molecular formula is C27H33N7O3. The number of likely N-dealkylation sites (N-methyl/N-ethyl adjacent to an activating group) is 1. The SMILES string of the molecule is CCc1ncc(CN(C)C(=O)c2cc(-c3cc(NCCNC)cc(OC)n3)nc3ccc(O)cc23)n1C. The minimum absolute atomic E-state index is 0.0634. The van der Waals surface area contributed by atoms with Crippen LogP contribution in [0.15, 0.2) is 42.6 Å². The number of phenolic OH excluding ortho intramolecular Hbond substituents is 1. The van der Waals surface area contributed by atoms with Gasteiger partial charge in [-0.25, -0.2) is 15.0 Å². The van der Waals surface area contributed by atoms with Crippen LogP contribution in [0.1, 0.15) is 28.8 Å². The lowest BCUT2D eigenvalue weighted by atomic mass is 10.0. The molecule has 0 atom stereocenters. The van der Waals surface area contributed by atoms with E-state index in [4.69, 9.17) is 9.72 Å². The van der Waals surface area contributed by atoms with Crippen molar-refractivity contribution in [3.63, 3.8) is 0 Å². The lowest BCUT2D eigenvalue weighted by Crippen LogP contribution is -2.27. The zero-order valence-electron chi connectivity index (χ0n) is 21.9. The highest BCUT2D eigenvalue weighted by molar-refractivity contribution is 6.07. The van der Waals surface area contributed by atoms with Crippen LogP contribution < -0.4 is 15.4 Å². The number of nitrogens with one attached hydrogen (secondary N) is 2. The molecule has 0 radical (unpaired) electrons.